The van der Waals surface area contributed by atoms with Gasteiger partial charge in [0.05, 0.1) is 5.69 Å². The Labute approximate surface area is 103 Å². The van der Waals surface area contributed by atoms with Crippen LogP contribution >= 0.6 is 11.8 Å². The van der Waals surface area contributed by atoms with Crippen molar-refractivity contribution >= 4 is 17.7 Å². The summed E-state index contributed by atoms with van der Waals surface area (Å²) in [5.74, 6) is 0.147. The van der Waals surface area contributed by atoms with Crippen molar-refractivity contribution in [3.63, 3.8) is 0 Å². The lowest BCUT2D eigenvalue weighted by atomic mass is 10.2. The minimum atomic E-state index is 0.147. The van der Waals surface area contributed by atoms with Gasteiger partial charge in [-0.2, -0.15) is 5.26 Å². The SMILES string of the molecule is CSc1nc(N)nc(-c2ccccn2)c1C#N. The molecule has 0 saturated carbocycles. The predicted octanol–water partition coefficient (Wildman–Crippen LogP) is 1.71. The molecule has 5 nitrogen and oxygen atoms in total. The molecule has 2 aromatic heterocycles. The van der Waals surface area contributed by atoms with Crippen molar-refractivity contribution in [1.82, 2.24) is 15.0 Å². The fourth-order valence-corrected chi connectivity index (χ4v) is 1.92. The van der Waals surface area contributed by atoms with Crippen LogP contribution in [0.15, 0.2) is 29.4 Å². The highest BCUT2D eigenvalue weighted by Crippen LogP contribution is 2.26. The number of rotatable bonds is 2. The Hall–Kier alpha value is -2.13. The molecule has 17 heavy (non-hydrogen) atoms. The number of hydrogen-bond acceptors (Lipinski definition) is 6. The Morgan fingerprint density at radius 2 is 2.18 bits per heavy atom. The zero-order chi connectivity index (χ0) is 12.3. The first-order chi connectivity index (χ1) is 8.26. The molecule has 0 fully saturated rings. The number of aromatic nitrogens is 3. The number of nitrogens with zero attached hydrogens (tertiary/aromatic N) is 4. The van der Waals surface area contributed by atoms with Crippen molar-refractivity contribution in [2.24, 2.45) is 0 Å². The van der Waals surface area contributed by atoms with Crippen LogP contribution in [0.1, 0.15) is 5.56 Å². The zero-order valence-electron chi connectivity index (χ0n) is 9.08. The average Bonchev–Trinajstić information content (AvgIpc) is 2.38. The maximum Gasteiger partial charge on any atom is 0.221 e. The molecule has 0 spiro atoms. The lowest BCUT2D eigenvalue weighted by Crippen LogP contribution is -2.02. The molecular weight excluding hydrogens is 234 g/mol. The van der Waals surface area contributed by atoms with E-state index in [0.717, 1.165) is 0 Å². The summed E-state index contributed by atoms with van der Waals surface area (Å²) >= 11 is 1.36. The Balaban J connectivity index is 2.70. The summed E-state index contributed by atoms with van der Waals surface area (Å²) in [6.07, 6.45) is 3.48. The molecule has 2 aromatic rings. The fraction of sp³-hybridized carbons (Fsp3) is 0.0909. The van der Waals surface area contributed by atoms with E-state index in [0.29, 0.717) is 22.0 Å². The van der Waals surface area contributed by atoms with Gasteiger partial charge in [-0.05, 0) is 18.4 Å². The number of hydrogen-bond donors (Lipinski definition) is 1. The first-order valence-electron chi connectivity index (χ1n) is 4.79. The molecule has 84 valence electrons. The standard InChI is InChI=1S/C11H9N5S/c1-17-10-7(6-12)9(15-11(13)16-10)8-4-2-3-5-14-8/h2-5H,1H3,(H2,13,15,16). The predicted molar refractivity (Wildman–Crippen MR) is 66.2 cm³/mol. The second-order valence-electron chi connectivity index (χ2n) is 3.14. The number of thioether (sulfide) groups is 1. The second kappa shape index (κ2) is 4.80. The third kappa shape index (κ3) is 2.19. The number of pyridine rings is 1. The van der Waals surface area contributed by atoms with Gasteiger partial charge in [-0.15, -0.1) is 11.8 Å². The van der Waals surface area contributed by atoms with Gasteiger partial charge >= 0.3 is 0 Å². The van der Waals surface area contributed by atoms with Gasteiger partial charge in [-0.1, -0.05) is 6.07 Å². The number of nitriles is 1. The number of nitrogen functional groups attached to an aromatic ring is 1. The highest BCUT2D eigenvalue weighted by atomic mass is 32.2. The molecule has 0 aliphatic carbocycles. The van der Waals surface area contributed by atoms with Crippen LogP contribution in [0, 0.1) is 11.3 Å². The minimum absolute atomic E-state index is 0.147. The fourth-order valence-electron chi connectivity index (χ4n) is 1.39. The summed E-state index contributed by atoms with van der Waals surface area (Å²) in [5, 5.41) is 9.74. The van der Waals surface area contributed by atoms with Crippen molar-refractivity contribution in [2.45, 2.75) is 5.03 Å². The largest absolute Gasteiger partial charge is 0.368 e. The molecule has 2 heterocycles. The number of nitrogens with two attached hydrogens (primary N) is 1. The topological polar surface area (TPSA) is 88.5 Å². The van der Waals surface area contributed by atoms with Gasteiger partial charge in [0.15, 0.2) is 0 Å². The average molecular weight is 243 g/mol. The molecule has 0 saturated heterocycles. The summed E-state index contributed by atoms with van der Waals surface area (Å²) in [7, 11) is 0. The van der Waals surface area contributed by atoms with Gasteiger partial charge in [0.1, 0.15) is 22.4 Å². The van der Waals surface area contributed by atoms with Crippen LogP contribution in [-0.4, -0.2) is 21.2 Å². The van der Waals surface area contributed by atoms with Crippen LogP contribution in [0.2, 0.25) is 0 Å². The first-order valence-corrected chi connectivity index (χ1v) is 6.01. The van der Waals surface area contributed by atoms with E-state index in [2.05, 4.69) is 21.0 Å². The van der Waals surface area contributed by atoms with E-state index in [1.807, 2.05) is 12.3 Å². The van der Waals surface area contributed by atoms with Crippen molar-refractivity contribution in [2.75, 3.05) is 12.0 Å². The summed E-state index contributed by atoms with van der Waals surface area (Å²) in [6.45, 7) is 0. The third-order valence-electron chi connectivity index (χ3n) is 2.11. The summed E-state index contributed by atoms with van der Waals surface area (Å²) in [6, 6.07) is 7.52. The van der Waals surface area contributed by atoms with Gasteiger partial charge in [-0.25, -0.2) is 9.97 Å². The molecule has 0 bridgehead atoms. The van der Waals surface area contributed by atoms with Crippen LogP contribution in [0.3, 0.4) is 0 Å². The monoisotopic (exact) mass is 243 g/mol. The van der Waals surface area contributed by atoms with Gasteiger partial charge < -0.3 is 5.73 Å². The molecule has 6 heteroatoms. The molecule has 0 atom stereocenters. The maximum absolute atomic E-state index is 9.17. The van der Waals surface area contributed by atoms with E-state index in [-0.39, 0.29) is 5.95 Å². The summed E-state index contributed by atoms with van der Waals surface area (Å²) in [4.78, 5) is 12.3. The summed E-state index contributed by atoms with van der Waals surface area (Å²) < 4.78 is 0. The van der Waals surface area contributed by atoms with Crippen LogP contribution in [0.5, 0.6) is 0 Å². The van der Waals surface area contributed by atoms with Gasteiger partial charge in [-0.3, -0.25) is 4.98 Å². The highest BCUT2D eigenvalue weighted by Gasteiger charge is 2.14. The first kappa shape index (κ1) is 11.4. The molecule has 0 unspecified atom stereocenters. The van der Waals surface area contributed by atoms with Gasteiger partial charge in [0, 0.05) is 6.20 Å². The van der Waals surface area contributed by atoms with Crippen LogP contribution in [-0.2, 0) is 0 Å². The Kier molecular flexibility index (Phi) is 3.21. The summed E-state index contributed by atoms with van der Waals surface area (Å²) in [5.41, 5.74) is 7.13. The van der Waals surface area contributed by atoms with Crippen LogP contribution < -0.4 is 5.73 Å². The highest BCUT2D eigenvalue weighted by molar-refractivity contribution is 7.98. The van der Waals surface area contributed by atoms with E-state index in [1.165, 1.54) is 11.8 Å². The third-order valence-corrected chi connectivity index (χ3v) is 2.79. The van der Waals surface area contributed by atoms with E-state index in [9.17, 15) is 5.26 Å². The van der Waals surface area contributed by atoms with Crippen molar-refractivity contribution in [3.05, 3.63) is 30.0 Å². The molecule has 0 aromatic carbocycles. The Morgan fingerprint density at radius 1 is 1.35 bits per heavy atom. The van der Waals surface area contributed by atoms with E-state index in [4.69, 9.17) is 5.73 Å². The van der Waals surface area contributed by atoms with Crippen molar-refractivity contribution < 1.29 is 0 Å². The Bertz CT molecular complexity index is 576. The van der Waals surface area contributed by atoms with Crippen molar-refractivity contribution in [1.29, 1.82) is 5.26 Å². The minimum Gasteiger partial charge on any atom is -0.368 e. The molecule has 0 aliphatic heterocycles. The van der Waals surface area contributed by atoms with E-state index in [1.54, 1.807) is 18.3 Å². The quantitative estimate of drug-likeness (QED) is 0.638. The molecule has 0 aliphatic rings. The molecule has 2 rings (SSSR count). The number of anilines is 1. The zero-order valence-corrected chi connectivity index (χ0v) is 9.90. The van der Waals surface area contributed by atoms with E-state index >= 15 is 0 Å². The smallest absolute Gasteiger partial charge is 0.221 e. The van der Waals surface area contributed by atoms with E-state index < -0.39 is 0 Å². The maximum atomic E-state index is 9.17. The van der Waals surface area contributed by atoms with Gasteiger partial charge in [0.25, 0.3) is 0 Å². The lowest BCUT2D eigenvalue weighted by molar-refractivity contribution is 1.05. The molecule has 0 radical (unpaired) electrons. The van der Waals surface area contributed by atoms with Crippen LogP contribution in [0.25, 0.3) is 11.4 Å². The molecule has 0 amide bonds. The van der Waals surface area contributed by atoms with Crippen molar-refractivity contribution in [3.8, 4) is 17.5 Å². The van der Waals surface area contributed by atoms with Gasteiger partial charge in [0.2, 0.25) is 5.95 Å². The normalized spacial score (nSPS) is 9.88. The Morgan fingerprint density at radius 3 is 2.76 bits per heavy atom. The lowest BCUT2D eigenvalue weighted by Gasteiger charge is -2.06. The second-order valence-corrected chi connectivity index (χ2v) is 3.94. The molecular formula is C11H9N5S. The van der Waals surface area contributed by atoms with Crippen LogP contribution in [0.4, 0.5) is 5.95 Å². The molecule has 2 N–H and O–H groups in total.